The Bertz CT molecular complexity index is 679. The number of aryl methyl sites for hydroxylation is 1. The second kappa shape index (κ2) is 8.82. The number of benzene rings is 2. The lowest BCUT2D eigenvalue weighted by molar-refractivity contribution is -0.150. The third-order valence-electron chi connectivity index (χ3n) is 3.42. The summed E-state index contributed by atoms with van der Waals surface area (Å²) in [6.07, 6.45) is 0.692. The van der Waals surface area contributed by atoms with Crippen molar-refractivity contribution in [2.45, 2.75) is 33.3 Å². The lowest BCUT2D eigenvalue weighted by Gasteiger charge is -2.11. The molecule has 0 saturated carbocycles. The van der Waals surface area contributed by atoms with Gasteiger partial charge in [0.2, 0.25) is 0 Å². The van der Waals surface area contributed by atoms with Crippen LogP contribution in [0.4, 0.5) is 11.4 Å². The highest BCUT2D eigenvalue weighted by Crippen LogP contribution is 2.21. The molecule has 0 spiro atoms. The topological polar surface area (TPSA) is 60.2 Å². The van der Waals surface area contributed by atoms with Gasteiger partial charge in [0.25, 0.3) is 0 Å². The van der Waals surface area contributed by atoms with E-state index in [0.717, 1.165) is 12.1 Å². The number of carbonyl (C=O) groups is 1. The fourth-order valence-corrected chi connectivity index (χ4v) is 1.82. The van der Waals surface area contributed by atoms with Gasteiger partial charge >= 0.3 is 5.97 Å². The van der Waals surface area contributed by atoms with E-state index in [1.54, 1.807) is 24.3 Å². The number of azo groups is 1. The quantitative estimate of drug-likeness (QED) is 0.523. The van der Waals surface area contributed by atoms with Crippen LogP contribution in [0.3, 0.4) is 0 Å². The van der Waals surface area contributed by atoms with Gasteiger partial charge in [-0.05, 0) is 56.7 Å². The van der Waals surface area contributed by atoms with Gasteiger partial charge in [-0.3, -0.25) is 0 Å². The Morgan fingerprint density at radius 3 is 2.08 bits per heavy atom. The van der Waals surface area contributed by atoms with Crippen LogP contribution >= 0.6 is 0 Å². The molecule has 126 valence electrons. The molecule has 0 N–H and O–H groups in total. The maximum Gasteiger partial charge on any atom is 0.344 e. The van der Waals surface area contributed by atoms with Crippen molar-refractivity contribution in [2.75, 3.05) is 6.61 Å². The Morgan fingerprint density at radius 1 is 1.00 bits per heavy atom. The zero-order chi connectivity index (χ0) is 17.4. The highest BCUT2D eigenvalue weighted by Gasteiger charge is 2.08. The van der Waals surface area contributed by atoms with Crippen molar-refractivity contribution < 1.29 is 14.3 Å². The fourth-order valence-electron chi connectivity index (χ4n) is 1.82. The van der Waals surface area contributed by atoms with Gasteiger partial charge in [0.15, 0.2) is 6.61 Å². The molecule has 0 amide bonds. The average molecular weight is 326 g/mol. The third-order valence-corrected chi connectivity index (χ3v) is 3.42. The molecule has 5 nitrogen and oxygen atoms in total. The maximum atomic E-state index is 11.6. The van der Waals surface area contributed by atoms with E-state index in [0.29, 0.717) is 11.4 Å². The van der Waals surface area contributed by atoms with Gasteiger partial charge in [0.1, 0.15) is 5.75 Å². The molecule has 0 bridgehead atoms. The van der Waals surface area contributed by atoms with Crippen LogP contribution in [0.25, 0.3) is 0 Å². The van der Waals surface area contributed by atoms with E-state index in [9.17, 15) is 4.79 Å². The molecule has 0 radical (unpaired) electrons. The van der Waals surface area contributed by atoms with Gasteiger partial charge in [-0.15, -0.1) is 0 Å². The monoisotopic (exact) mass is 326 g/mol. The zero-order valence-corrected chi connectivity index (χ0v) is 14.2. The minimum atomic E-state index is -0.368. The van der Waals surface area contributed by atoms with E-state index in [4.69, 9.17) is 9.47 Å². The first-order chi connectivity index (χ1) is 11.6. The molecule has 24 heavy (non-hydrogen) atoms. The summed E-state index contributed by atoms with van der Waals surface area (Å²) in [4.78, 5) is 11.6. The molecular weight excluding hydrogens is 304 g/mol. The molecule has 0 aromatic heterocycles. The molecule has 2 aromatic carbocycles. The number of esters is 1. The van der Waals surface area contributed by atoms with Crippen molar-refractivity contribution in [1.82, 2.24) is 0 Å². The van der Waals surface area contributed by atoms with Gasteiger partial charge < -0.3 is 9.47 Å². The number of carbonyl (C=O) groups excluding carboxylic acids is 1. The van der Waals surface area contributed by atoms with Crippen molar-refractivity contribution in [3.8, 4) is 5.75 Å². The van der Waals surface area contributed by atoms with E-state index in [2.05, 4.69) is 10.2 Å². The summed E-state index contributed by atoms with van der Waals surface area (Å²) >= 11 is 0. The molecule has 0 aliphatic heterocycles. The molecule has 0 aliphatic rings. The summed E-state index contributed by atoms with van der Waals surface area (Å²) in [5, 5.41) is 8.34. The number of hydrogen-bond donors (Lipinski definition) is 0. The zero-order valence-electron chi connectivity index (χ0n) is 14.2. The van der Waals surface area contributed by atoms with Crippen molar-refractivity contribution in [3.05, 3.63) is 54.1 Å². The SMILES string of the molecule is CCC(C)OC(=O)COc1ccc(N=Nc2ccc(C)cc2)cc1. The van der Waals surface area contributed by atoms with Crippen LogP contribution in [-0.2, 0) is 9.53 Å². The molecule has 1 atom stereocenters. The van der Waals surface area contributed by atoms with E-state index in [1.165, 1.54) is 5.56 Å². The summed E-state index contributed by atoms with van der Waals surface area (Å²) in [5.41, 5.74) is 2.70. The van der Waals surface area contributed by atoms with Gasteiger partial charge in [0.05, 0.1) is 17.5 Å². The Kier molecular flexibility index (Phi) is 6.49. The van der Waals surface area contributed by atoms with Crippen molar-refractivity contribution in [2.24, 2.45) is 10.2 Å². The van der Waals surface area contributed by atoms with Crippen LogP contribution in [0.2, 0.25) is 0 Å². The number of nitrogens with zero attached hydrogens (tertiary/aromatic N) is 2. The van der Waals surface area contributed by atoms with Crippen molar-refractivity contribution >= 4 is 17.3 Å². The van der Waals surface area contributed by atoms with Gasteiger partial charge in [-0.1, -0.05) is 24.6 Å². The van der Waals surface area contributed by atoms with Crippen LogP contribution in [0.1, 0.15) is 25.8 Å². The van der Waals surface area contributed by atoms with Crippen LogP contribution < -0.4 is 4.74 Å². The van der Waals surface area contributed by atoms with Crippen molar-refractivity contribution in [1.29, 1.82) is 0 Å². The Hall–Kier alpha value is -2.69. The highest BCUT2D eigenvalue weighted by molar-refractivity contribution is 5.71. The Morgan fingerprint density at radius 2 is 1.54 bits per heavy atom. The van der Waals surface area contributed by atoms with Gasteiger partial charge in [-0.25, -0.2) is 4.79 Å². The van der Waals surface area contributed by atoms with Gasteiger partial charge in [0, 0.05) is 0 Å². The summed E-state index contributed by atoms with van der Waals surface area (Å²) in [7, 11) is 0. The number of rotatable bonds is 7. The van der Waals surface area contributed by atoms with E-state index < -0.39 is 0 Å². The number of ether oxygens (including phenoxy) is 2. The van der Waals surface area contributed by atoms with Crippen LogP contribution in [0, 0.1) is 6.92 Å². The predicted octanol–water partition coefficient (Wildman–Crippen LogP) is 5.13. The maximum absolute atomic E-state index is 11.6. The average Bonchev–Trinajstić information content (AvgIpc) is 2.60. The lowest BCUT2D eigenvalue weighted by atomic mass is 10.2. The molecule has 0 fully saturated rings. The minimum absolute atomic E-state index is 0.0920. The van der Waals surface area contributed by atoms with Crippen LogP contribution in [0.15, 0.2) is 58.8 Å². The first-order valence-electron chi connectivity index (χ1n) is 7.97. The van der Waals surface area contributed by atoms with E-state index in [-0.39, 0.29) is 18.7 Å². The van der Waals surface area contributed by atoms with E-state index >= 15 is 0 Å². The number of hydrogen-bond acceptors (Lipinski definition) is 5. The minimum Gasteiger partial charge on any atom is -0.482 e. The summed E-state index contributed by atoms with van der Waals surface area (Å²) in [5.74, 6) is 0.220. The molecule has 2 rings (SSSR count). The van der Waals surface area contributed by atoms with Crippen LogP contribution in [-0.4, -0.2) is 18.7 Å². The molecule has 1 unspecified atom stereocenters. The van der Waals surface area contributed by atoms with Crippen molar-refractivity contribution in [3.63, 3.8) is 0 Å². The smallest absolute Gasteiger partial charge is 0.344 e. The highest BCUT2D eigenvalue weighted by atomic mass is 16.6. The lowest BCUT2D eigenvalue weighted by Crippen LogP contribution is -2.20. The first-order valence-corrected chi connectivity index (χ1v) is 7.97. The molecule has 0 aliphatic carbocycles. The summed E-state index contributed by atoms with van der Waals surface area (Å²) in [6.45, 7) is 5.74. The molecule has 0 heterocycles. The molecule has 5 heteroatoms. The standard InChI is InChI=1S/C19H22N2O3/c1-4-15(3)24-19(22)13-23-18-11-9-17(10-12-18)21-20-16-7-5-14(2)6-8-16/h5-12,15H,4,13H2,1-3H3. The van der Waals surface area contributed by atoms with Gasteiger partial charge in [-0.2, -0.15) is 10.2 Å². The fraction of sp³-hybridized carbons (Fsp3) is 0.316. The second-order valence-electron chi connectivity index (χ2n) is 5.53. The predicted molar refractivity (Wildman–Crippen MR) is 93.1 cm³/mol. The second-order valence-corrected chi connectivity index (χ2v) is 5.53. The molecular formula is C19H22N2O3. The molecule has 0 saturated heterocycles. The normalized spacial score (nSPS) is 12.1. The van der Waals surface area contributed by atoms with Crippen LogP contribution in [0.5, 0.6) is 5.75 Å². The molecule has 2 aromatic rings. The first kappa shape index (κ1) is 17.7. The summed E-state index contributed by atoms with van der Waals surface area (Å²) in [6, 6.07) is 14.9. The third kappa shape index (κ3) is 5.83. The summed E-state index contributed by atoms with van der Waals surface area (Å²) < 4.78 is 10.5. The Balaban J connectivity index is 1.86. The Labute approximate surface area is 142 Å². The largest absolute Gasteiger partial charge is 0.482 e. The van der Waals surface area contributed by atoms with E-state index in [1.807, 2.05) is 45.0 Å².